The molecule has 0 saturated heterocycles. The van der Waals surface area contributed by atoms with Crippen LogP contribution in [-0.2, 0) is 6.42 Å². The number of halogens is 2. The second-order valence-electron chi connectivity index (χ2n) is 4.01. The molecular weight excluding hydrogens is 251 g/mol. The van der Waals surface area contributed by atoms with E-state index in [1.807, 2.05) is 24.3 Å². The Morgan fingerprint density at radius 3 is 2.67 bits per heavy atom. The van der Waals surface area contributed by atoms with E-state index in [4.69, 9.17) is 17.3 Å². The average molecular weight is 265 g/mol. The van der Waals surface area contributed by atoms with Gasteiger partial charge in [0.2, 0.25) is 0 Å². The molecule has 0 aliphatic rings. The summed E-state index contributed by atoms with van der Waals surface area (Å²) >= 11 is 5.72. The van der Waals surface area contributed by atoms with Gasteiger partial charge < -0.3 is 11.1 Å². The van der Waals surface area contributed by atoms with Crippen LogP contribution in [0.15, 0.2) is 42.5 Å². The van der Waals surface area contributed by atoms with Gasteiger partial charge in [-0.15, -0.1) is 0 Å². The number of para-hydroxylation sites is 2. The first-order valence-electron chi connectivity index (χ1n) is 5.69. The number of anilines is 2. The summed E-state index contributed by atoms with van der Waals surface area (Å²) in [6.45, 7) is 0.718. The van der Waals surface area contributed by atoms with Gasteiger partial charge in [0.1, 0.15) is 5.82 Å². The molecule has 0 spiro atoms. The summed E-state index contributed by atoms with van der Waals surface area (Å²) in [5.41, 5.74) is 8.43. The summed E-state index contributed by atoms with van der Waals surface area (Å²) in [6.07, 6.45) is 0.758. The lowest BCUT2D eigenvalue weighted by atomic mass is 10.1. The van der Waals surface area contributed by atoms with Gasteiger partial charge >= 0.3 is 0 Å². The van der Waals surface area contributed by atoms with Crippen molar-refractivity contribution in [2.24, 2.45) is 0 Å². The van der Waals surface area contributed by atoms with Crippen LogP contribution in [0, 0.1) is 5.82 Å². The third kappa shape index (κ3) is 3.14. The highest BCUT2D eigenvalue weighted by Gasteiger charge is 2.01. The van der Waals surface area contributed by atoms with E-state index < -0.39 is 0 Å². The van der Waals surface area contributed by atoms with E-state index in [1.165, 1.54) is 6.07 Å². The third-order valence-corrected chi connectivity index (χ3v) is 2.96. The number of benzene rings is 2. The minimum atomic E-state index is -0.388. The second-order valence-corrected chi connectivity index (χ2v) is 4.42. The maximum Gasteiger partial charge on any atom is 0.141 e. The fourth-order valence-electron chi connectivity index (χ4n) is 1.69. The van der Waals surface area contributed by atoms with Crippen molar-refractivity contribution in [1.82, 2.24) is 0 Å². The topological polar surface area (TPSA) is 38.0 Å². The van der Waals surface area contributed by atoms with Crippen LogP contribution in [0.2, 0.25) is 5.02 Å². The van der Waals surface area contributed by atoms with E-state index in [2.05, 4.69) is 5.32 Å². The normalized spacial score (nSPS) is 10.3. The second kappa shape index (κ2) is 5.74. The molecule has 0 bridgehead atoms. The summed E-state index contributed by atoms with van der Waals surface area (Å²) in [4.78, 5) is 0. The molecule has 0 radical (unpaired) electrons. The van der Waals surface area contributed by atoms with Crippen LogP contribution in [0.1, 0.15) is 5.56 Å². The van der Waals surface area contributed by atoms with E-state index >= 15 is 0 Å². The SMILES string of the molecule is Nc1ccccc1NCCc1ccc(F)c(Cl)c1. The van der Waals surface area contributed by atoms with Crippen molar-refractivity contribution in [3.05, 3.63) is 58.9 Å². The molecule has 2 nitrogen and oxygen atoms in total. The average Bonchev–Trinajstić information content (AvgIpc) is 2.36. The molecule has 4 heteroatoms. The van der Waals surface area contributed by atoms with Crippen LogP contribution in [0.4, 0.5) is 15.8 Å². The molecule has 18 heavy (non-hydrogen) atoms. The molecule has 2 rings (SSSR count). The van der Waals surface area contributed by atoms with Gasteiger partial charge in [-0.1, -0.05) is 29.8 Å². The molecule has 2 aromatic carbocycles. The zero-order valence-corrected chi connectivity index (χ0v) is 10.5. The molecule has 0 aromatic heterocycles. The summed E-state index contributed by atoms with van der Waals surface area (Å²) in [5, 5.41) is 3.39. The van der Waals surface area contributed by atoms with E-state index in [0.717, 1.165) is 29.9 Å². The summed E-state index contributed by atoms with van der Waals surface area (Å²) in [6, 6.07) is 12.3. The van der Waals surface area contributed by atoms with E-state index in [-0.39, 0.29) is 10.8 Å². The Labute approximate surface area is 111 Å². The predicted molar refractivity (Wildman–Crippen MR) is 74.5 cm³/mol. The van der Waals surface area contributed by atoms with Crippen molar-refractivity contribution in [1.29, 1.82) is 0 Å². The van der Waals surface area contributed by atoms with Gasteiger partial charge in [0, 0.05) is 6.54 Å². The Morgan fingerprint density at radius 1 is 1.17 bits per heavy atom. The van der Waals surface area contributed by atoms with Gasteiger partial charge in [-0.05, 0) is 36.2 Å². The van der Waals surface area contributed by atoms with Gasteiger partial charge in [-0.2, -0.15) is 0 Å². The molecule has 94 valence electrons. The molecule has 3 N–H and O–H groups in total. The van der Waals surface area contributed by atoms with Crippen molar-refractivity contribution in [2.75, 3.05) is 17.6 Å². The number of hydrogen-bond acceptors (Lipinski definition) is 2. The summed E-state index contributed by atoms with van der Waals surface area (Å²) < 4.78 is 13.0. The smallest absolute Gasteiger partial charge is 0.141 e. The van der Waals surface area contributed by atoms with Gasteiger partial charge in [-0.3, -0.25) is 0 Å². The summed E-state index contributed by atoms with van der Waals surface area (Å²) in [7, 11) is 0. The molecule has 0 unspecified atom stereocenters. The fourth-order valence-corrected chi connectivity index (χ4v) is 1.90. The monoisotopic (exact) mass is 264 g/mol. The zero-order chi connectivity index (χ0) is 13.0. The molecule has 0 heterocycles. The van der Waals surface area contributed by atoms with Gasteiger partial charge in [0.15, 0.2) is 0 Å². The number of nitrogen functional groups attached to an aromatic ring is 1. The highest BCUT2D eigenvalue weighted by Crippen LogP contribution is 2.18. The van der Waals surface area contributed by atoms with Crippen molar-refractivity contribution in [3.63, 3.8) is 0 Å². The minimum absolute atomic E-state index is 0.159. The van der Waals surface area contributed by atoms with Crippen LogP contribution in [0.3, 0.4) is 0 Å². The van der Waals surface area contributed by atoms with E-state index in [0.29, 0.717) is 0 Å². The van der Waals surface area contributed by atoms with E-state index in [9.17, 15) is 4.39 Å². The van der Waals surface area contributed by atoms with Crippen LogP contribution >= 0.6 is 11.6 Å². The first kappa shape index (κ1) is 12.7. The molecule has 0 atom stereocenters. The number of hydrogen-bond donors (Lipinski definition) is 2. The molecule has 0 amide bonds. The van der Waals surface area contributed by atoms with Crippen molar-refractivity contribution >= 4 is 23.0 Å². The highest BCUT2D eigenvalue weighted by atomic mass is 35.5. The van der Waals surface area contributed by atoms with Gasteiger partial charge in [0.25, 0.3) is 0 Å². The number of rotatable bonds is 4. The number of nitrogens with one attached hydrogen (secondary N) is 1. The minimum Gasteiger partial charge on any atom is -0.397 e. The predicted octanol–water partition coefficient (Wildman–Crippen LogP) is 3.72. The van der Waals surface area contributed by atoms with Crippen LogP contribution in [0.25, 0.3) is 0 Å². The van der Waals surface area contributed by atoms with Crippen molar-refractivity contribution < 1.29 is 4.39 Å². The van der Waals surface area contributed by atoms with E-state index in [1.54, 1.807) is 12.1 Å². The van der Waals surface area contributed by atoms with Crippen LogP contribution in [0.5, 0.6) is 0 Å². The summed E-state index contributed by atoms with van der Waals surface area (Å²) in [5.74, 6) is -0.388. The lowest BCUT2D eigenvalue weighted by Crippen LogP contribution is -2.06. The first-order valence-corrected chi connectivity index (χ1v) is 6.07. The molecule has 0 saturated carbocycles. The fraction of sp³-hybridized carbons (Fsp3) is 0.143. The highest BCUT2D eigenvalue weighted by molar-refractivity contribution is 6.30. The van der Waals surface area contributed by atoms with Gasteiger partial charge in [-0.25, -0.2) is 4.39 Å². The lowest BCUT2D eigenvalue weighted by molar-refractivity contribution is 0.627. The maximum absolute atomic E-state index is 13.0. The number of nitrogens with two attached hydrogens (primary N) is 1. The van der Waals surface area contributed by atoms with Crippen molar-refractivity contribution in [3.8, 4) is 0 Å². The third-order valence-electron chi connectivity index (χ3n) is 2.67. The first-order chi connectivity index (χ1) is 8.66. The Kier molecular flexibility index (Phi) is 4.05. The van der Waals surface area contributed by atoms with Crippen molar-refractivity contribution in [2.45, 2.75) is 6.42 Å². The quantitative estimate of drug-likeness (QED) is 0.826. The Hall–Kier alpha value is -1.74. The Morgan fingerprint density at radius 2 is 1.94 bits per heavy atom. The lowest BCUT2D eigenvalue weighted by Gasteiger charge is -2.09. The molecular formula is C14H14ClFN2. The van der Waals surface area contributed by atoms with Crippen LogP contribution < -0.4 is 11.1 Å². The maximum atomic E-state index is 13.0. The molecule has 2 aromatic rings. The zero-order valence-electron chi connectivity index (χ0n) is 9.79. The molecule has 0 aliphatic heterocycles. The van der Waals surface area contributed by atoms with Crippen LogP contribution in [-0.4, -0.2) is 6.54 Å². The Balaban J connectivity index is 1.92. The van der Waals surface area contributed by atoms with Gasteiger partial charge in [0.05, 0.1) is 16.4 Å². The molecule has 0 fully saturated rings. The molecule has 0 aliphatic carbocycles. The standard InChI is InChI=1S/C14H14ClFN2/c15-11-9-10(5-6-12(11)16)7-8-18-14-4-2-1-3-13(14)17/h1-6,9,18H,7-8,17H2. The largest absolute Gasteiger partial charge is 0.397 e. The Bertz CT molecular complexity index is 543.